The van der Waals surface area contributed by atoms with Crippen molar-refractivity contribution in [3.05, 3.63) is 89.5 Å². The Bertz CT molecular complexity index is 1010. The molecular weight excluding hydrogens is 740 g/mol. The van der Waals surface area contributed by atoms with Crippen molar-refractivity contribution >= 4 is 53.2 Å². The van der Waals surface area contributed by atoms with Gasteiger partial charge in [0.2, 0.25) is 0 Å². The van der Waals surface area contributed by atoms with E-state index in [0.717, 1.165) is 31.9 Å². The van der Waals surface area contributed by atoms with E-state index in [1.807, 2.05) is 39.0 Å². The Morgan fingerprint density at radius 1 is 0.526 bits per heavy atom. The maximum Gasteiger partial charge on any atom is 2.00 e. The maximum atomic E-state index is 10.6. The fraction of sp³-hybridized carbons (Fsp3) is 0.222. The molecule has 192 valence electrons. The molecule has 0 fully saturated rings. The van der Waals surface area contributed by atoms with Crippen LogP contribution in [-0.2, 0) is 27.7 Å². The molecule has 0 spiro atoms. The van der Waals surface area contributed by atoms with E-state index in [4.69, 9.17) is 0 Å². The standard InChI is InChI=1S/3C9H10O2S.Hg.Na/c3*1-2-12-8-6-4-3-5-7(8)9(10)11;;/h3*3-6H,2H2,1H3,(H,10,11);;/q;;;+2;+1/p-3. The fourth-order valence-corrected chi connectivity index (χ4v) is 5.13. The number of carbonyl (C=O) groups is 3. The molecule has 0 bridgehead atoms. The van der Waals surface area contributed by atoms with Gasteiger partial charge in [0.25, 0.3) is 0 Å². The third-order valence-corrected chi connectivity index (χ3v) is 7.09. The summed E-state index contributed by atoms with van der Waals surface area (Å²) in [5, 5.41) is 31.7. The van der Waals surface area contributed by atoms with Gasteiger partial charge in [-0.1, -0.05) is 75.4 Å². The first-order valence-corrected chi connectivity index (χ1v) is 14.0. The Kier molecular flexibility index (Phi) is 23.5. The number of benzene rings is 3. The van der Waals surface area contributed by atoms with Crippen molar-refractivity contribution in [2.24, 2.45) is 0 Å². The van der Waals surface area contributed by atoms with Gasteiger partial charge in [-0.05, 0) is 35.5 Å². The van der Waals surface area contributed by atoms with Crippen LogP contribution in [-0.4, -0.2) is 35.2 Å². The van der Waals surface area contributed by atoms with Crippen molar-refractivity contribution in [2.75, 3.05) is 17.3 Å². The molecular formula is C27H27HgNaO6S3. The second kappa shape index (κ2) is 22.8. The number of hydrogen-bond donors (Lipinski definition) is 0. The summed E-state index contributed by atoms with van der Waals surface area (Å²) in [7, 11) is 0. The molecule has 6 nitrogen and oxygen atoms in total. The summed E-state index contributed by atoms with van der Waals surface area (Å²) in [6.45, 7) is 5.95. The first-order valence-electron chi connectivity index (χ1n) is 11.1. The molecule has 0 saturated carbocycles. The minimum Gasteiger partial charge on any atom is -0.545 e. The van der Waals surface area contributed by atoms with Gasteiger partial charge in [-0.3, -0.25) is 0 Å². The smallest absolute Gasteiger partial charge is 0.545 e. The third-order valence-electron chi connectivity index (χ3n) is 4.22. The molecule has 0 N–H and O–H groups in total. The normalized spacial score (nSPS) is 9.24. The fourth-order valence-electron chi connectivity index (χ4n) is 2.75. The van der Waals surface area contributed by atoms with E-state index in [0.29, 0.717) is 0 Å². The van der Waals surface area contributed by atoms with Crippen LogP contribution in [0.2, 0.25) is 0 Å². The van der Waals surface area contributed by atoms with E-state index in [9.17, 15) is 29.7 Å². The third kappa shape index (κ3) is 14.4. The minimum atomic E-state index is -1.11. The van der Waals surface area contributed by atoms with Crippen LogP contribution in [0.15, 0.2) is 87.5 Å². The number of carboxylic acid groups (broad SMARTS) is 3. The van der Waals surface area contributed by atoms with Gasteiger partial charge in [-0.25, -0.2) is 0 Å². The molecule has 3 aromatic rings. The largest absolute Gasteiger partial charge is 2.00 e. The SMILES string of the molecule is CCSc1ccccc1C(=O)[O-].CCSc1ccccc1C(=O)[O-].CCSc1ccccc1C(=O)[O-].[Hg+2].[Na+]. The number of carboxylic acids is 3. The van der Waals surface area contributed by atoms with E-state index in [1.54, 1.807) is 54.6 Å². The van der Waals surface area contributed by atoms with Crippen molar-refractivity contribution in [1.29, 1.82) is 0 Å². The van der Waals surface area contributed by atoms with Crippen LogP contribution in [0.25, 0.3) is 0 Å². The molecule has 38 heavy (non-hydrogen) atoms. The quantitative estimate of drug-likeness (QED) is 0.227. The number of hydrogen-bond acceptors (Lipinski definition) is 9. The molecule has 0 aromatic heterocycles. The number of carbonyl (C=O) groups excluding carboxylic acids is 3. The topological polar surface area (TPSA) is 120 Å². The summed E-state index contributed by atoms with van der Waals surface area (Å²) in [5.41, 5.74) is 0.845. The Hall–Kier alpha value is -0.945. The van der Waals surface area contributed by atoms with Gasteiger partial charge in [0.15, 0.2) is 0 Å². The summed E-state index contributed by atoms with van der Waals surface area (Å²) >= 11 is 4.53. The average Bonchev–Trinajstić information content (AvgIpc) is 2.86. The van der Waals surface area contributed by atoms with E-state index in [1.165, 1.54) is 35.3 Å². The summed E-state index contributed by atoms with van der Waals surface area (Å²) < 4.78 is 0. The monoisotopic (exact) mass is 768 g/mol. The van der Waals surface area contributed by atoms with E-state index >= 15 is 0 Å². The summed E-state index contributed by atoms with van der Waals surface area (Å²) in [6.07, 6.45) is 0. The first-order chi connectivity index (χ1) is 17.3. The Morgan fingerprint density at radius 2 is 0.737 bits per heavy atom. The molecule has 0 unspecified atom stereocenters. The average molecular weight is 767 g/mol. The minimum absolute atomic E-state index is 0. The molecule has 0 aliphatic rings. The van der Waals surface area contributed by atoms with Crippen molar-refractivity contribution in [2.45, 2.75) is 35.5 Å². The van der Waals surface area contributed by atoms with Crippen molar-refractivity contribution < 1.29 is 86.9 Å². The van der Waals surface area contributed by atoms with Crippen LogP contribution >= 0.6 is 35.3 Å². The molecule has 0 atom stereocenters. The van der Waals surface area contributed by atoms with Crippen LogP contribution in [0.4, 0.5) is 0 Å². The van der Waals surface area contributed by atoms with Crippen molar-refractivity contribution in [3.63, 3.8) is 0 Å². The first kappa shape index (κ1) is 39.2. The van der Waals surface area contributed by atoms with Crippen LogP contribution in [0.1, 0.15) is 51.8 Å². The molecule has 3 aromatic carbocycles. The zero-order valence-electron chi connectivity index (χ0n) is 21.9. The summed E-state index contributed by atoms with van der Waals surface area (Å²) in [6, 6.07) is 20.6. The Labute approximate surface area is 279 Å². The molecule has 11 heteroatoms. The maximum absolute atomic E-state index is 10.6. The van der Waals surface area contributed by atoms with Crippen LogP contribution in [0.3, 0.4) is 0 Å². The van der Waals surface area contributed by atoms with Crippen LogP contribution < -0.4 is 44.9 Å². The molecule has 0 radical (unpaired) electrons. The summed E-state index contributed by atoms with van der Waals surface area (Å²) in [4.78, 5) is 34.0. The van der Waals surface area contributed by atoms with Gasteiger partial charge in [0, 0.05) is 31.4 Å². The van der Waals surface area contributed by atoms with Gasteiger partial charge in [0.1, 0.15) is 0 Å². The predicted octanol–water partition coefficient (Wildman–Crippen LogP) is 0.488. The summed E-state index contributed by atoms with van der Waals surface area (Å²) in [5.74, 6) is -0.719. The predicted molar refractivity (Wildman–Crippen MR) is 142 cm³/mol. The number of rotatable bonds is 9. The molecule has 0 amide bonds. The van der Waals surface area contributed by atoms with Crippen molar-refractivity contribution in [1.82, 2.24) is 0 Å². The van der Waals surface area contributed by atoms with Gasteiger partial charge < -0.3 is 29.7 Å². The molecule has 3 rings (SSSR count). The zero-order valence-corrected chi connectivity index (χ0v) is 31.9. The van der Waals surface area contributed by atoms with E-state index in [2.05, 4.69) is 0 Å². The zero-order chi connectivity index (χ0) is 26.9. The van der Waals surface area contributed by atoms with Gasteiger partial charge in [-0.15, -0.1) is 35.3 Å². The van der Waals surface area contributed by atoms with Gasteiger partial charge in [-0.2, -0.15) is 0 Å². The van der Waals surface area contributed by atoms with Gasteiger partial charge in [0.05, 0.1) is 17.9 Å². The van der Waals surface area contributed by atoms with Crippen molar-refractivity contribution in [3.8, 4) is 0 Å². The second-order valence-corrected chi connectivity index (χ2v) is 10.6. The van der Waals surface area contributed by atoms with Gasteiger partial charge >= 0.3 is 57.2 Å². The number of thioether (sulfide) groups is 3. The molecule has 0 saturated heterocycles. The Balaban J connectivity index is 0. The molecule has 0 heterocycles. The molecule has 0 aliphatic carbocycles. The van der Waals surface area contributed by atoms with Crippen LogP contribution in [0, 0.1) is 0 Å². The van der Waals surface area contributed by atoms with E-state index in [-0.39, 0.29) is 73.9 Å². The Morgan fingerprint density at radius 3 is 0.921 bits per heavy atom. The number of aromatic carboxylic acids is 3. The van der Waals surface area contributed by atoms with Crippen LogP contribution in [0.5, 0.6) is 0 Å². The second-order valence-electron chi connectivity index (χ2n) is 6.65. The molecule has 0 aliphatic heterocycles. The van der Waals surface area contributed by atoms with E-state index < -0.39 is 17.9 Å².